The van der Waals surface area contributed by atoms with Gasteiger partial charge in [-0.05, 0) is 19.1 Å². The van der Waals surface area contributed by atoms with Crippen LogP contribution in [0.25, 0.3) is 0 Å². The van der Waals surface area contributed by atoms with Crippen LogP contribution in [0.5, 0.6) is 0 Å². The van der Waals surface area contributed by atoms with Crippen LogP contribution in [0.1, 0.15) is 11.3 Å². The molecule has 1 atom stereocenters. The van der Waals surface area contributed by atoms with E-state index in [1.807, 2.05) is 31.0 Å². The molecule has 0 amide bonds. The van der Waals surface area contributed by atoms with Gasteiger partial charge in [-0.25, -0.2) is 4.98 Å². The number of aliphatic hydroxyl groups is 1. The number of rotatable bonds is 6. The zero-order valence-corrected chi connectivity index (χ0v) is 11.7. The van der Waals surface area contributed by atoms with Crippen molar-refractivity contribution < 1.29 is 9.84 Å². The summed E-state index contributed by atoms with van der Waals surface area (Å²) in [5, 5.41) is 9.68. The summed E-state index contributed by atoms with van der Waals surface area (Å²) in [6.07, 6.45) is -0.560. The van der Waals surface area contributed by atoms with E-state index in [1.54, 1.807) is 7.11 Å². The Morgan fingerprint density at radius 3 is 2.83 bits per heavy atom. The third-order valence-corrected chi connectivity index (χ3v) is 2.69. The Morgan fingerprint density at radius 1 is 1.61 bits per heavy atom. The third kappa shape index (κ3) is 4.21. The molecule has 6 heteroatoms. The van der Waals surface area contributed by atoms with E-state index < -0.39 is 6.10 Å². The molecule has 0 aliphatic rings. The number of ether oxygens (including phenoxy) is 1. The van der Waals surface area contributed by atoms with Gasteiger partial charge in [0, 0.05) is 32.0 Å². The molecular weight excluding hydrogens is 250 g/mol. The Labute approximate surface area is 113 Å². The van der Waals surface area contributed by atoms with E-state index >= 15 is 0 Å². The van der Waals surface area contributed by atoms with Crippen LogP contribution >= 0.6 is 12.2 Å². The second kappa shape index (κ2) is 6.63. The van der Waals surface area contributed by atoms with Gasteiger partial charge in [0.05, 0.1) is 12.7 Å². The van der Waals surface area contributed by atoms with Crippen molar-refractivity contribution in [3.63, 3.8) is 0 Å². The van der Waals surface area contributed by atoms with Gasteiger partial charge in [-0.3, -0.25) is 0 Å². The predicted octanol–water partition coefficient (Wildman–Crippen LogP) is 0.468. The lowest BCUT2D eigenvalue weighted by atomic mass is 10.2. The Morgan fingerprint density at radius 2 is 2.28 bits per heavy atom. The lowest BCUT2D eigenvalue weighted by Crippen LogP contribution is -2.32. The van der Waals surface area contributed by atoms with E-state index in [0.29, 0.717) is 11.5 Å². The number of aromatic nitrogens is 1. The summed E-state index contributed by atoms with van der Waals surface area (Å²) in [7, 11) is 3.41. The summed E-state index contributed by atoms with van der Waals surface area (Å²) in [5.74, 6) is 0.730. The number of nitrogens with two attached hydrogens (primary N) is 1. The monoisotopic (exact) mass is 269 g/mol. The highest BCUT2D eigenvalue weighted by Gasteiger charge is 2.11. The molecule has 3 N–H and O–H groups in total. The van der Waals surface area contributed by atoms with E-state index in [2.05, 4.69) is 4.98 Å². The lowest BCUT2D eigenvalue weighted by Gasteiger charge is -2.22. The number of thiocarbonyl (C=S) groups is 1. The largest absolute Gasteiger partial charge is 0.389 e. The minimum Gasteiger partial charge on any atom is -0.389 e. The highest BCUT2D eigenvalue weighted by Crippen LogP contribution is 2.14. The van der Waals surface area contributed by atoms with E-state index in [4.69, 9.17) is 22.7 Å². The van der Waals surface area contributed by atoms with Gasteiger partial charge < -0.3 is 20.5 Å². The number of likely N-dealkylation sites (N-methyl/N-ethyl adjacent to an activating group) is 1. The molecule has 1 rings (SSSR count). The first-order valence-corrected chi connectivity index (χ1v) is 6.01. The molecule has 18 heavy (non-hydrogen) atoms. The van der Waals surface area contributed by atoms with Crippen LogP contribution in [0.4, 0.5) is 5.82 Å². The quantitative estimate of drug-likeness (QED) is 0.731. The number of pyridine rings is 1. The van der Waals surface area contributed by atoms with Gasteiger partial charge in [-0.1, -0.05) is 12.2 Å². The van der Waals surface area contributed by atoms with Gasteiger partial charge in [0.15, 0.2) is 0 Å². The van der Waals surface area contributed by atoms with Crippen LogP contribution in [0.2, 0.25) is 0 Å². The van der Waals surface area contributed by atoms with Gasteiger partial charge in [0.25, 0.3) is 0 Å². The maximum Gasteiger partial charge on any atom is 0.129 e. The molecule has 0 saturated heterocycles. The van der Waals surface area contributed by atoms with Gasteiger partial charge in [0.2, 0.25) is 0 Å². The molecule has 5 nitrogen and oxygen atoms in total. The first-order chi connectivity index (χ1) is 8.43. The summed E-state index contributed by atoms with van der Waals surface area (Å²) in [5.41, 5.74) is 7.23. The molecule has 0 fully saturated rings. The SMILES string of the molecule is COCC(O)CN(C)c1cc(C(N)=S)cc(C)n1. The number of aryl methyl sites for hydroxylation is 1. The maximum atomic E-state index is 9.68. The minimum atomic E-state index is -0.560. The van der Waals surface area contributed by atoms with E-state index in [0.717, 1.165) is 17.1 Å². The van der Waals surface area contributed by atoms with Crippen molar-refractivity contribution in [3.05, 3.63) is 23.4 Å². The molecule has 1 aromatic heterocycles. The summed E-state index contributed by atoms with van der Waals surface area (Å²) in [4.78, 5) is 6.57. The van der Waals surface area contributed by atoms with Gasteiger partial charge in [0.1, 0.15) is 10.8 Å². The number of aliphatic hydroxyl groups excluding tert-OH is 1. The first kappa shape index (κ1) is 14.8. The fraction of sp³-hybridized carbons (Fsp3) is 0.500. The second-order valence-corrected chi connectivity index (χ2v) is 4.65. The fourth-order valence-corrected chi connectivity index (χ4v) is 1.76. The predicted molar refractivity (Wildman–Crippen MR) is 76.0 cm³/mol. The maximum absolute atomic E-state index is 9.68. The average Bonchev–Trinajstić information content (AvgIpc) is 2.28. The minimum absolute atomic E-state index is 0.290. The zero-order valence-electron chi connectivity index (χ0n) is 10.9. The lowest BCUT2D eigenvalue weighted by molar-refractivity contribution is 0.0694. The molecule has 0 aromatic carbocycles. The molecule has 0 aliphatic heterocycles. The topological polar surface area (TPSA) is 71.6 Å². The molecule has 1 aromatic rings. The normalized spacial score (nSPS) is 12.2. The van der Waals surface area contributed by atoms with Crippen molar-refractivity contribution >= 4 is 23.0 Å². The standard InChI is InChI=1S/C12H19N3O2S/c1-8-4-9(12(13)18)5-11(14-8)15(2)6-10(16)7-17-3/h4-5,10,16H,6-7H2,1-3H3,(H2,13,18). The van der Waals surface area contributed by atoms with Crippen molar-refractivity contribution in [2.75, 3.05) is 32.2 Å². The average molecular weight is 269 g/mol. The number of hydrogen-bond donors (Lipinski definition) is 2. The second-order valence-electron chi connectivity index (χ2n) is 4.21. The van der Waals surface area contributed by atoms with Gasteiger partial charge in [-0.15, -0.1) is 0 Å². The molecule has 0 spiro atoms. The molecule has 1 unspecified atom stereocenters. The molecule has 1 heterocycles. The molecule has 0 bridgehead atoms. The Bertz CT molecular complexity index is 426. The van der Waals surface area contributed by atoms with Crippen molar-refractivity contribution in [2.45, 2.75) is 13.0 Å². The molecule has 100 valence electrons. The Kier molecular flexibility index (Phi) is 5.46. The van der Waals surface area contributed by atoms with E-state index in [9.17, 15) is 5.11 Å². The first-order valence-electron chi connectivity index (χ1n) is 5.60. The van der Waals surface area contributed by atoms with E-state index in [1.165, 1.54) is 0 Å². The smallest absolute Gasteiger partial charge is 0.129 e. The van der Waals surface area contributed by atoms with Crippen LogP contribution < -0.4 is 10.6 Å². The van der Waals surface area contributed by atoms with Crippen LogP contribution in [0.3, 0.4) is 0 Å². The van der Waals surface area contributed by atoms with Gasteiger partial charge >= 0.3 is 0 Å². The van der Waals surface area contributed by atoms with Crippen molar-refractivity contribution in [1.29, 1.82) is 0 Å². The highest BCUT2D eigenvalue weighted by molar-refractivity contribution is 7.80. The van der Waals surface area contributed by atoms with Crippen LogP contribution in [-0.4, -0.2) is 48.5 Å². The molecule has 0 radical (unpaired) electrons. The molecule has 0 saturated carbocycles. The third-order valence-electron chi connectivity index (χ3n) is 2.46. The Balaban J connectivity index is 2.85. The highest BCUT2D eigenvalue weighted by atomic mass is 32.1. The van der Waals surface area contributed by atoms with Gasteiger partial charge in [-0.2, -0.15) is 0 Å². The van der Waals surface area contributed by atoms with E-state index in [-0.39, 0.29) is 6.61 Å². The van der Waals surface area contributed by atoms with Crippen molar-refractivity contribution in [1.82, 2.24) is 4.98 Å². The van der Waals surface area contributed by atoms with Crippen LogP contribution in [0.15, 0.2) is 12.1 Å². The number of methoxy groups -OCH3 is 1. The molecule has 0 aliphatic carbocycles. The van der Waals surface area contributed by atoms with Crippen molar-refractivity contribution in [2.24, 2.45) is 5.73 Å². The van der Waals surface area contributed by atoms with Crippen molar-refractivity contribution in [3.8, 4) is 0 Å². The van der Waals surface area contributed by atoms with Crippen LogP contribution in [0, 0.1) is 6.92 Å². The summed E-state index contributed by atoms with van der Waals surface area (Å²) < 4.78 is 4.89. The van der Waals surface area contributed by atoms with Crippen LogP contribution in [-0.2, 0) is 4.74 Å². The number of hydrogen-bond acceptors (Lipinski definition) is 5. The summed E-state index contributed by atoms with van der Waals surface area (Å²) >= 11 is 4.96. The molecular formula is C12H19N3O2S. The Hall–Kier alpha value is -1.24. The summed E-state index contributed by atoms with van der Waals surface area (Å²) in [6.45, 7) is 2.60. The number of nitrogens with zero attached hydrogens (tertiary/aromatic N) is 2. The zero-order chi connectivity index (χ0) is 13.7. The number of anilines is 1. The fourth-order valence-electron chi connectivity index (χ4n) is 1.64. The summed E-state index contributed by atoms with van der Waals surface area (Å²) in [6, 6.07) is 3.65.